The number of nitrogens with zero attached hydrogens (tertiary/aromatic N) is 4. The van der Waals surface area contributed by atoms with E-state index in [9.17, 15) is 0 Å². The molecule has 0 spiro atoms. The maximum absolute atomic E-state index is 5.88. The van der Waals surface area contributed by atoms with Gasteiger partial charge in [-0.05, 0) is 19.1 Å². The summed E-state index contributed by atoms with van der Waals surface area (Å²) in [6.45, 7) is 1.97. The number of hydrogen-bond donors (Lipinski definition) is 0. The maximum atomic E-state index is 5.88. The number of aryl methyl sites for hydroxylation is 1. The van der Waals surface area contributed by atoms with Crippen molar-refractivity contribution in [2.24, 2.45) is 0 Å². The van der Waals surface area contributed by atoms with Crippen molar-refractivity contribution in [2.45, 2.75) is 12.8 Å². The van der Waals surface area contributed by atoms with E-state index in [-0.39, 0.29) is 0 Å². The predicted molar refractivity (Wildman–Crippen MR) is 71.0 cm³/mol. The van der Waals surface area contributed by atoms with Gasteiger partial charge in [0, 0.05) is 11.1 Å². The first kappa shape index (κ1) is 11.2. The number of aromatic nitrogens is 4. The number of rotatable bonds is 2. The van der Waals surface area contributed by atoms with Crippen LogP contribution < -0.4 is 0 Å². The minimum atomic E-state index is 0.370. The van der Waals surface area contributed by atoms with Crippen LogP contribution in [0.3, 0.4) is 0 Å². The van der Waals surface area contributed by atoms with Gasteiger partial charge in [0.05, 0.1) is 29.0 Å². The molecule has 0 fully saturated rings. The summed E-state index contributed by atoms with van der Waals surface area (Å²) < 4.78 is 1.74. The molecule has 0 aliphatic carbocycles. The summed E-state index contributed by atoms with van der Waals surface area (Å²) in [6.07, 6.45) is 1.67. The molecule has 2 heterocycles. The fourth-order valence-electron chi connectivity index (χ4n) is 1.95. The second-order valence-corrected chi connectivity index (χ2v) is 4.34. The molecule has 0 unspecified atom stereocenters. The predicted octanol–water partition coefficient (Wildman–Crippen LogP) is 2.86. The molecule has 2 aromatic heterocycles. The molecule has 0 bridgehead atoms. The minimum Gasteiger partial charge on any atom is -0.251 e. The van der Waals surface area contributed by atoms with Crippen LogP contribution in [0.5, 0.6) is 0 Å². The van der Waals surface area contributed by atoms with Gasteiger partial charge >= 0.3 is 0 Å². The third kappa shape index (κ3) is 1.75. The molecule has 0 aliphatic rings. The normalized spacial score (nSPS) is 11.0. The standard InChI is InChI=1S/C13H11ClN4/c1-9-5-6-10-3-2-4-12(13(10)16-9)18-11(7-14)8-15-17-18/h2-6,8H,7H2,1H3. The molecular weight excluding hydrogens is 248 g/mol. The highest BCUT2D eigenvalue weighted by atomic mass is 35.5. The minimum absolute atomic E-state index is 0.370. The SMILES string of the molecule is Cc1ccc2cccc(-n3nncc3CCl)c2n1. The molecule has 1 aromatic carbocycles. The topological polar surface area (TPSA) is 43.6 Å². The maximum Gasteiger partial charge on any atom is 0.0962 e. The van der Waals surface area contributed by atoms with Crippen molar-refractivity contribution in [3.05, 3.63) is 47.9 Å². The Hall–Kier alpha value is -1.94. The largest absolute Gasteiger partial charge is 0.251 e. The summed E-state index contributed by atoms with van der Waals surface area (Å²) in [7, 11) is 0. The van der Waals surface area contributed by atoms with Crippen molar-refractivity contribution >= 4 is 22.5 Å². The van der Waals surface area contributed by atoms with Crippen LogP contribution >= 0.6 is 11.6 Å². The average molecular weight is 259 g/mol. The van der Waals surface area contributed by atoms with Crippen molar-refractivity contribution < 1.29 is 0 Å². The summed E-state index contributed by atoms with van der Waals surface area (Å²) in [6, 6.07) is 10.0. The van der Waals surface area contributed by atoms with Crippen LogP contribution in [0.1, 0.15) is 11.4 Å². The molecule has 0 atom stereocenters. The molecule has 0 aliphatic heterocycles. The molecule has 4 nitrogen and oxygen atoms in total. The number of halogens is 1. The molecule has 90 valence electrons. The van der Waals surface area contributed by atoms with E-state index in [0.29, 0.717) is 5.88 Å². The fraction of sp³-hybridized carbons (Fsp3) is 0.154. The highest BCUT2D eigenvalue weighted by molar-refractivity contribution is 6.16. The van der Waals surface area contributed by atoms with Gasteiger partial charge in [0.15, 0.2) is 0 Å². The number of para-hydroxylation sites is 1. The van der Waals surface area contributed by atoms with Crippen LogP contribution in [-0.4, -0.2) is 20.0 Å². The Balaban J connectivity index is 2.32. The molecule has 3 aromatic rings. The molecule has 0 radical (unpaired) electrons. The molecule has 0 saturated carbocycles. The van der Waals surface area contributed by atoms with Crippen molar-refractivity contribution in [2.75, 3.05) is 0 Å². The van der Waals surface area contributed by atoms with E-state index in [0.717, 1.165) is 28.0 Å². The second kappa shape index (κ2) is 4.38. The van der Waals surface area contributed by atoms with E-state index in [1.54, 1.807) is 10.9 Å². The number of benzene rings is 1. The molecule has 0 saturated heterocycles. The van der Waals surface area contributed by atoms with E-state index < -0.39 is 0 Å². The number of hydrogen-bond acceptors (Lipinski definition) is 3. The lowest BCUT2D eigenvalue weighted by atomic mass is 10.1. The van der Waals surface area contributed by atoms with E-state index in [1.807, 2.05) is 31.2 Å². The van der Waals surface area contributed by atoms with Gasteiger partial charge in [-0.2, -0.15) is 0 Å². The summed E-state index contributed by atoms with van der Waals surface area (Å²) >= 11 is 5.88. The van der Waals surface area contributed by atoms with Gasteiger partial charge in [-0.15, -0.1) is 16.7 Å². The second-order valence-electron chi connectivity index (χ2n) is 4.07. The van der Waals surface area contributed by atoms with Gasteiger partial charge in [0.2, 0.25) is 0 Å². The van der Waals surface area contributed by atoms with E-state index in [1.165, 1.54) is 0 Å². The Bertz CT molecular complexity index is 705. The zero-order valence-corrected chi connectivity index (χ0v) is 10.6. The Morgan fingerprint density at radius 3 is 2.94 bits per heavy atom. The first-order chi connectivity index (χ1) is 8.79. The Kier molecular flexibility index (Phi) is 2.72. The fourth-order valence-corrected chi connectivity index (χ4v) is 2.13. The summed E-state index contributed by atoms with van der Waals surface area (Å²) in [5.41, 5.74) is 3.65. The van der Waals surface area contributed by atoms with Crippen LogP contribution in [0.15, 0.2) is 36.5 Å². The van der Waals surface area contributed by atoms with Gasteiger partial charge in [0.25, 0.3) is 0 Å². The molecule has 0 N–H and O–H groups in total. The van der Waals surface area contributed by atoms with Crippen molar-refractivity contribution in [3.63, 3.8) is 0 Å². The lowest BCUT2D eigenvalue weighted by Crippen LogP contribution is -2.02. The summed E-state index contributed by atoms with van der Waals surface area (Å²) in [5, 5.41) is 9.06. The van der Waals surface area contributed by atoms with E-state index in [2.05, 4.69) is 21.4 Å². The molecule has 3 rings (SSSR count). The van der Waals surface area contributed by atoms with Crippen LogP contribution in [0, 0.1) is 6.92 Å². The Labute approximate surface area is 109 Å². The first-order valence-corrected chi connectivity index (χ1v) is 6.15. The zero-order chi connectivity index (χ0) is 12.5. The third-order valence-corrected chi connectivity index (χ3v) is 3.10. The summed E-state index contributed by atoms with van der Waals surface area (Å²) in [4.78, 5) is 4.58. The Morgan fingerprint density at radius 1 is 1.22 bits per heavy atom. The van der Waals surface area contributed by atoms with Gasteiger partial charge in [0.1, 0.15) is 0 Å². The van der Waals surface area contributed by atoms with E-state index >= 15 is 0 Å². The lowest BCUT2D eigenvalue weighted by Gasteiger charge is -2.08. The van der Waals surface area contributed by atoms with Crippen LogP contribution in [0.2, 0.25) is 0 Å². The average Bonchev–Trinajstić information content (AvgIpc) is 2.86. The summed E-state index contributed by atoms with van der Waals surface area (Å²) in [5.74, 6) is 0.370. The molecule has 5 heteroatoms. The van der Waals surface area contributed by atoms with Gasteiger partial charge < -0.3 is 0 Å². The monoisotopic (exact) mass is 258 g/mol. The zero-order valence-electron chi connectivity index (χ0n) is 9.84. The molecule has 18 heavy (non-hydrogen) atoms. The van der Waals surface area contributed by atoms with Crippen LogP contribution in [-0.2, 0) is 5.88 Å². The highest BCUT2D eigenvalue weighted by Crippen LogP contribution is 2.21. The lowest BCUT2D eigenvalue weighted by molar-refractivity contribution is 0.784. The van der Waals surface area contributed by atoms with E-state index in [4.69, 9.17) is 11.6 Å². The number of fused-ring (bicyclic) bond motifs is 1. The quantitative estimate of drug-likeness (QED) is 0.664. The molecule has 0 amide bonds. The van der Waals surface area contributed by atoms with Gasteiger partial charge in [-0.25, -0.2) is 4.68 Å². The van der Waals surface area contributed by atoms with Gasteiger partial charge in [-0.3, -0.25) is 4.98 Å². The van der Waals surface area contributed by atoms with Crippen molar-refractivity contribution in [1.29, 1.82) is 0 Å². The van der Waals surface area contributed by atoms with Crippen molar-refractivity contribution in [3.8, 4) is 5.69 Å². The first-order valence-electron chi connectivity index (χ1n) is 5.62. The highest BCUT2D eigenvalue weighted by Gasteiger charge is 2.09. The van der Waals surface area contributed by atoms with Crippen LogP contribution in [0.25, 0.3) is 16.6 Å². The van der Waals surface area contributed by atoms with Crippen LogP contribution in [0.4, 0.5) is 0 Å². The Morgan fingerprint density at radius 2 is 2.11 bits per heavy atom. The number of pyridine rings is 1. The van der Waals surface area contributed by atoms with Crippen molar-refractivity contribution in [1.82, 2.24) is 20.0 Å². The molecular formula is C13H11ClN4. The number of alkyl halides is 1. The smallest absolute Gasteiger partial charge is 0.0962 e. The van der Waals surface area contributed by atoms with Gasteiger partial charge in [-0.1, -0.05) is 23.4 Å². The third-order valence-electron chi connectivity index (χ3n) is 2.82.